The van der Waals surface area contributed by atoms with Crippen LogP contribution in [0.15, 0.2) is 12.2 Å². The normalized spacial score (nSPS) is 59.4. The van der Waals surface area contributed by atoms with Crippen LogP contribution in [0.1, 0.15) is 58.8 Å². The van der Waals surface area contributed by atoms with E-state index in [2.05, 4.69) is 18.4 Å². The average molecular weight is 400 g/mol. The molecule has 5 heteroatoms. The zero-order valence-corrected chi connectivity index (χ0v) is 17.7. The first-order valence-electron chi connectivity index (χ1n) is 11.8. The van der Waals surface area contributed by atoms with E-state index in [1.165, 1.54) is 37.7 Å². The molecule has 4 heterocycles. The molecular weight excluding hydrogens is 366 g/mol. The third-order valence-electron chi connectivity index (χ3n) is 10.7. The van der Waals surface area contributed by atoms with Crippen molar-refractivity contribution in [3.63, 3.8) is 0 Å². The maximum absolute atomic E-state index is 12.1. The lowest BCUT2D eigenvalue weighted by molar-refractivity contribution is -0.422. The molecule has 4 aliphatic heterocycles. The fourth-order valence-electron chi connectivity index (χ4n) is 10.0. The molecule has 9 aliphatic rings. The van der Waals surface area contributed by atoms with Gasteiger partial charge in [-0.05, 0) is 61.9 Å². The Morgan fingerprint density at radius 1 is 1.17 bits per heavy atom. The largest absolute Gasteiger partial charge is 0.457 e. The molecule has 0 N–H and O–H groups in total. The Kier molecular flexibility index (Phi) is 3.23. The third-order valence-corrected chi connectivity index (χ3v) is 10.7. The summed E-state index contributed by atoms with van der Waals surface area (Å²) >= 11 is 0. The summed E-state index contributed by atoms with van der Waals surface area (Å²) in [6, 6.07) is 0. The first kappa shape index (κ1) is 17.7. The van der Waals surface area contributed by atoms with Gasteiger partial charge in [0.15, 0.2) is 0 Å². The Hall–Kier alpha value is -0.910. The highest BCUT2D eigenvalue weighted by molar-refractivity contribution is 5.67. The van der Waals surface area contributed by atoms with Gasteiger partial charge in [0.05, 0.1) is 12.7 Å². The van der Waals surface area contributed by atoms with Crippen molar-refractivity contribution in [3.8, 4) is 0 Å². The van der Waals surface area contributed by atoms with E-state index in [1.807, 2.05) is 0 Å². The fraction of sp³-hybridized carbons (Fsp3) is 0.875. The zero-order chi connectivity index (χ0) is 19.8. The number of esters is 1. The van der Waals surface area contributed by atoms with Gasteiger partial charge in [0.1, 0.15) is 18.6 Å². The Morgan fingerprint density at radius 3 is 2.86 bits per heavy atom. The van der Waals surface area contributed by atoms with E-state index in [0.29, 0.717) is 17.8 Å². The summed E-state index contributed by atoms with van der Waals surface area (Å²) in [4.78, 5) is 14.7. The lowest BCUT2D eigenvalue weighted by Crippen LogP contribution is -2.83. The molecular formula is C24H33NO4. The molecule has 2 unspecified atom stereocenters. The summed E-state index contributed by atoms with van der Waals surface area (Å²) in [7, 11) is 0. The molecule has 29 heavy (non-hydrogen) atoms. The van der Waals surface area contributed by atoms with Crippen molar-refractivity contribution in [3.05, 3.63) is 12.2 Å². The first-order chi connectivity index (χ1) is 13.9. The van der Waals surface area contributed by atoms with Crippen LogP contribution in [0, 0.1) is 34.0 Å². The standard InChI is InChI=1S/C24H33NO4/c1-13-15-5-8-24(19(13)28-14(2)26)17(11-15)23-7-4-6-22(3)16(23)12-18(24)29-21(23)25-9-10-27-20(22)25/h15-21H,1,4-12H2,2-3H3/t15-,16+,17-,18+,19-,20?,21?,22+,23-,24+/m0/s1. The number of hydrogen-bond acceptors (Lipinski definition) is 5. The van der Waals surface area contributed by atoms with Crippen LogP contribution in [0.4, 0.5) is 0 Å². The van der Waals surface area contributed by atoms with E-state index >= 15 is 0 Å². The molecule has 0 radical (unpaired) electrons. The van der Waals surface area contributed by atoms with Gasteiger partial charge in [-0.3, -0.25) is 4.79 Å². The molecule has 5 aliphatic carbocycles. The fourth-order valence-corrected chi connectivity index (χ4v) is 10.0. The first-order valence-corrected chi connectivity index (χ1v) is 11.8. The molecule has 5 nitrogen and oxygen atoms in total. The number of carbonyl (C=O) groups is 1. The predicted molar refractivity (Wildman–Crippen MR) is 106 cm³/mol. The van der Waals surface area contributed by atoms with E-state index in [4.69, 9.17) is 14.2 Å². The quantitative estimate of drug-likeness (QED) is 0.499. The molecule has 158 valence electrons. The highest BCUT2D eigenvalue weighted by Crippen LogP contribution is 2.79. The van der Waals surface area contributed by atoms with E-state index in [1.54, 1.807) is 6.92 Å². The van der Waals surface area contributed by atoms with Crippen molar-refractivity contribution in [2.75, 3.05) is 13.2 Å². The number of piperidine rings is 1. The molecule has 0 aromatic carbocycles. The number of nitrogens with zero attached hydrogens (tertiary/aromatic N) is 1. The van der Waals surface area contributed by atoms with Crippen LogP contribution in [0.5, 0.6) is 0 Å². The average Bonchev–Trinajstić information content (AvgIpc) is 3.19. The highest BCUT2D eigenvalue weighted by atomic mass is 16.6. The van der Waals surface area contributed by atoms with Gasteiger partial charge in [-0.25, -0.2) is 4.90 Å². The molecule has 0 aromatic heterocycles. The smallest absolute Gasteiger partial charge is 0.303 e. The van der Waals surface area contributed by atoms with Crippen LogP contribution in [0.2, 0.25) is 0 Å². The molecule has 9 rings (SSSR count). The number of rotatable bonds is 1. The van der Waals surface area contributed by atoms with Crippen molar-refractivity contribution in [1.82, 2.24) is 4.90 Å². The molecule has 0 amide bonds. The van der Waals surface area contributed by atoms with Gasteiger partial charge in [-0.1, -0.05) is 19.9 Å². The second-order valence-corrected chi connectivity index (χ2v) is 11.4. The maximum Gasteiger partial charge on any atom is 0.303 e. The van der Waals surface area contributed by atoms with Crippen molar-refractivity contribution in [1.29, 1.82) is 0 Å². The minimum atomic E-state index is -0.169. The number of ether oxygens (including phenoxy) is 3. The third kappa shape index (κ3) is 1.74. The van der Waals surface area contributed by atoms with Crippen LogP contribution in [-0.2, 0) is 19.0 Å². The van der Waals surface area contributed by atoms with Gasteiger partial charge in [-0.2, -0.15) is 0 Å². The Labute approximate surface area is 173 Å². The number of fused-ring (bicyclic) bond motifs is 4. The topological polar surface area (TPSA) is 48.0 Å². The summed E-state index contributed by atoms with van der Waals surface area (Å²) in [5.74, 6) is 1.57. The second kappa shape index (κ2) is 5.28. The molecule has 5 saturated carbocycles. The number of hydrogen-bond donors (Lipinski definition) is 0. The van der Waals surface area contributed by atoms with Crippen LogP contribution in [0.3, 0.4) is 0 Å². The van der Waals surface area contributed by atoms with Gasteiger partial charge in [0.25, 0.3) is 0 Å². The molecule has 0 aromatic rings. The van der Waals surface area contributed by atoms with E-state index in [9.17, 15) is 4.79 Å². The Morgan fingerprint density at radius 2 is 2.03 bits per heavy atom. The van der Waals surface area contributed by atoms with Crippen LogP contribution in [0.25, 0.3) is 0 Å². The van der Waals surface area contributed by atoms with Crippen molar-refractivity contribution in [2.45, 2.75) is 83.5 Å². The van der Waals surface area contributed by atoms with Gasteiger partial charge < -0.3 is 14.2 Å². The summed E-state index contributed by atoms with van der Waals surface area (Å²) in [6.45, 7) is 10.3. The summed E-state index contributed by atoms with van der Waals surface area (Å²) in [5.41, 5.74) is 1.51. The van der Waals surface area contributed by atoms with Gasteiger partial charge in [0.2, 0.25) is 0 Å². The Bertz CT molecular complexity index is 813. The van der Waals surface area contributed by atoms with Gasteiger partial charge >= 0.3 is 5.97 Å². The van der Waals surface area contributed by atoms with E-state index in [-0.39, 0.29) is 46.9 Å². The summed E-state index contributed by atoms with van der Waals surface area (Å²) in [6.07, 6.45) is 8.86. The summed E-state index contributed by atoms with van der Waals surface area (Å²) in [5, 5.41) is 0. The maximum atomic E-state index is 12.1. The van der Waals surface area contributed by atoms with Crippen molar-refractivity contribution < 1.29 is 19.0 Å². The van der Waals surface area contributed by atoms with Crippen molar-refractivity contribution in [2.24, 2.45) is 34.0 Å². The molecule has 4 saturated heterocycles. The minimum Gasteiger partial charge on any atom is -0.457 e. The molecule has 9 fully saturated rings. The van der Waals surface area contributed by atoms with E-state index in [0.717, 1.165) is 26.0 Å². The highest BCUT2D eigenvalue weighted by Gasteiger charge is 2.81. The monoisotopic (exact) mass is 399 g/mol. The molecule has 2 spiro atoms. The van der Waals surface area contributed by atoms with Gasteiger partial charge in [-0.15, -0.1) is 0 Å². The predicted octanol–water partition coefficient (Wildman–Crippen LogP) is 3.48. The SMILES string of the molecule is C=C1[C@H]2CC[C@@]3([C@H]4C[C@H]5[C@@]6(CCC[C@@]5(C)C5OCCN5C6O4)[C@@H]3C2)[C@H]1OC(C)=O. The Balaban J connectivity index is 1.42. The van der Waals surface area contributed by atoms with Crippen LogP contribution in [-0.4, -0.2) is 48.7 Å². The minimum absolute atomic E-state index is 0.0594. The van der Waals surface area contributed by atoms with Crippen LogP contribution < -0.4 is 0 Å². The second-order valence-electron chi connectivity index (χ2n) is 11.4. The van der Waals surface area contributed by atoms with Gasteiger partial charge in [0, 0.05) is 29.7 Å². The number of carbonyl (C=O) groups excluding carboxylic acids is 1. The molecule has 7 bridgehead atoms. The van der Waals surface area contributed by atoms with E-state index < -0.39 is 0 Å². The van der Waals surface area contributed by atoms with Crippen LogP contribution >= 0.6 is 0 Å². The molecule has 10 atom stereocenters. The van der Waals surface area contributed by atoms with Crippen molar-refractivity contribution >= 4 is 5.97 Å². The summed E-state index contributed by atoms with van der Waals surface area (Å²) < 4.78 is 19.5. The lowest BCUT2D eigenvalue weighted by atomic mass is 9.32. The zero-order valence-electron chi connectivity index (χ0n) is 17.7. The lowest BCUT2D eigenvalue weighted by Gasteiger charge is -2.80.